The van der Waals surface area contributed by atoms with E-state index in [4.69, 9.17) is 18.9 Å². The molecule has 32 heavy (non-hydrogen) atoms. The van der Waals surface area contributed by atoms with Gasteiger partial charge in [-0.15, -0.1) is 0 Å². The molecule has 1 aliphatic heterocycles. The molecule has 0 fully saturated rings. The molecule has 1 amide bonds. The van der Waals surface area contributed by atoms with Crippen LogP contribution in [0.5, 0.6) is 23.0 Å². The number of nitrogens with one attached hydrogen (secondary N) is 1. The van der Waals surface area contributed by atoms with Crippen LogP contribution >= 0.6 is 0 Å². The van der Waals surface area contributed by atoms with E-state index in [-0.39, 0.29) is 11.9 Å². The van der Waals surface area contributed by atoms with Gasteiger partial charge in [-0.1, -0.05) is 12.1 Å². The van der Waals surface area contributed by atoms with Gasteiger partial charge in [-0.3, -0.25) is 9.78 Å². The molecular weight excluding hydrogens is 408 g/mol. The maximum atomic E-state index is 12.9. The second-order valence-corrected chi connectivity index (χ2v) is 7.34. The molecule has 1 N–H and O–H groups in total. The predicted molar refractivity (Wildman–Crippen MR) is 119 cm³/mol. The fraction of sp³-hybridized carbons (Fsp3) is 0.280. The first-order chi connectivity index (χ1) is 15.6. The Bertz CT molecular complexity index is 1070. The lowest BCUT2D eigenvalue weighted by molar-refractivity contribution is 0.0939. The van der Waals surface area contributed by atoms with E-state index < -0.39 is 0 Å². The van der Waals surface area contributed by atoms with Crippen molar-refractivity contribution in [1.82, 2.24) is 10.3 Å². The van der Waals surface area contributed by atoms with Crippen molar-refractivity contribution in [3.05, 3.63) is 77.6 Å². The summed E-state index contributed by atoms with van der Waals surface area (Å²) in [5.74, 6) is 2.32. The second-order valence-electron chi connectivity index (χ2n) is 7.34. The summed E-state index contributed by atoms with van der Waals surface area (Å²) in [7, 11) is 0. The summed E-state index contributed by atoms with van der Waals surface area (Å²) in [5.41, 5.74) is 2.38. The molecule has 1 unspecified atom stereocenters. The zero-order valence-corrected chi connectivity index (χ0v) is 18.2. The van der Waals surface area contributed by atoms with E-state index in [1.54, 1.807) is 30.6 Å². The monoisotopic (exact) mass is 434 g/mol. The fourth-order valence-corrected chi connectivity index (χ4v) is 3.37. The van der Waals surface area contributed by atoms with Crippen molar-refractivity contribution >= 4 is 5.91 Å². The lowest BCUT2D eigenvalue weighted by Gasteiger charge is -2.21. The Labute approximate surface area is 187 Å². The van der Waals surface area contributed by atoms with Crippen molar-refractivity contribution in [2.24, 2.45) is 0 Å². The van der Waals surface area contributed by atoms with E-state index in [0.29, 0.717) is 49.2 Å². The molecule has 0 saturated carbocycles. The molecule has 0 spiro atoms. The third-order valence-corrected chi connectivity index (χ3v) is 5.04. The molecule has 1 atom stereocenters. The predicted octanol–water partition coefficient (Wildman–Crippen LogP) is 4.32. The van der Waals surface area contributed by atoms with E-state index in [1.165, 1.54) is 0 Å². The molecule has 7 heteroatoms. The number of rotatable bonds is 8. The molecule has 0 radical (unpaired) electrons. The number of fused-ring (bicyclic) bond motifs is 1. The van der Waals surface area contributed by atoms with Gasteiger partial charge in [0.05, 0.1) is 12.6 Å². The van der Waals surface area contributed by atoms with Crippen LogP contribution in [0.25, 0.3) is 0 Å². The highest BCUT2D eigenvalue weighted by molar-refractivity contribution is 5.95. The molecule has 4 rings (SSSR count). The average Bonchev–Trinajstić information content (AvgIpc) is 2.83. The normalized spacial score (nSPS) is 13.2. The van der Waals surface area contributed by atoms with Crippen molar-refractivity contribution in [3.63, 3.8) is 0 Å². The van der Waals surface area contributed by atoms with Gasteiger partial charge in [-0.05, 0) is 55.8 Å². The summed E-state index contributed by atoms with van der Waals surface area (Å²) in [6.07, 6.45) is 3.47. The van der Waals surface area contributed by atoms with Gasteiger partial charge in [-0.2, -0.15) is 0 Å². The minimum atomic E-state index is -0.213. The number of ether oxygens (including phenoxy) is 4. The molecule has 1 aliphatic rings. The largest absolute Gasteiger partial charge is 0.490 e. The number of hydrogen-bond donors (Lipinski definition) is 1. The second kappa shape index (κ2) is 10.0. The maximum Gasteiger partial charge on any atom is 0.251 e. The van der Waals surface area contributed by atoms with Crippen molar-refractivity contribution in [2.75, 3.05) is 19.8 Å². The SMILES string of the molecule is CCOc1cc(C(=O)NC(C)c2ccc3c(c2)OCCO3)ccc1OCc1cccnc1. The Morgan fingerprint density at radius 3 is 2.69 bits per heavy atom. The van der Waals surface area contributed by atoms with Crippen LogP contribution < -0.4 is 24.3 Å². The summed E-state index contributed by atoms with van der Waals surface area (Å²) >= 11 is 0. The highest BCUT2D eigenvalue weighted by Crippen LogP contribution is 2.33. The summed E-state index contributed by atoms with van der Waals surface area (Å²) < 4.78 is 22.8. The maximum absolute atomic E-state index is 12.9. The Morgan fingerprint density at radius 2 is 1.91 bits per heavy atom. The summed E-state index contributed by atoms with van der Waals surface area (Å²) in [6.45, 7) is 5.71. The van der Waals surface area contributed by atoms with Gasteiger partial charge in [0.25, 0.3) is 5.91 Å². The first-order valence-electron chi connectivity index (χ1n) is 10.6. The molecular formula is C25H26N2O5. The molecule has 2 heterocycles. The Hall–Kier alpha value is -3.74. The van der Waals surface area contributed by atoms with Gasteiger partial charge in [0, 0.05) is 23.5 Å². The van der Waals surface area contributed by atoms with E-state index in [1.807, 2.05) is 44.2 Å². The van der Waals surface area contributed by atoms with Crippen LogP contribution in [-0.2, 0) is 6.61 Å². The first-order valence-corrected chi connectivity index (χ1v) is 10.6. The number of hydrogen-bond acceptors (Lipinski definition) is 6. The number of aromatic nitrogens is 1. The van der Waals surface area contributed by atoms with Gasteiger partial charge in [0.1, 0.15) is 19.8 Å². The Morgan fingerprint density at radius 1 is 1.06 bits per heavy atom. The van der Waals surface area contributed by atoms with Crippen LogP contribution in [0.4, 0.5) is 0 Å². The molecule has 0 bridgehead atoms. The molecule has 7 nitrogen and oxygen atoms in total. The van der Waals surface area contributed by atoms with Crippen LogP contribution in [0.3, 0.4) is 0 Å². The smallest absolute Gasteiger partial charge is 0.251 e. The topological polar surface area (TPSA) is 78.9 Å². The third-order valence-electron chi connectivity index (χ3n) is 5.04. The van der Waals surface area contributed by atoms with Gasteiger partial charge in [-0.25, -0.2) is 0 Å². The average molecular weight is 434 g/mol. The summed E-state index contributed by atoms with van der Waals surface area (Å²) in [6, 6.07) is 14.5. The zero-order chi connectivity index (χ0) is 22.3. The van der Waals surface area contributed by atoms with E-state index in [0.717, 1.165) is 16.9 Å². The van der Waals surface area contributed by atoms with Gasteiger partial charge in [0.2, 0.25) is 0 Å². The van der Waals surface area contributed by atoms with Gasteiger partial charge >= 0.3 is 0 Å². The molecule has 1 aromatic heterocycles. The summed E-state index contributed by atoms with van der Waals surface area (Å²) in [5, 5.41) is 3.03. The van der Waals surface area contributed by atoms with E-state index in [9.17, 15) is 4.79 Å². The van der Waals surface area contributed by atoms with Crippen LogP contribution in [0, 0.1) is 0 Å². The Kier molecular flexibility index (Phi) is 6.75. The first kappa shape index (κ1) is 21.5. The molecule has 3 aromatic rings. The highest BCUT2D eigenvalue weighted by atomic mass is 16.6. The lowest BCUT2D eigenvalue weighted by atomic mass is 10.1. The van der Waals surface area contributed by atoms with Crippen LogP contribution in [0.1, 0.15) is 41.4 Å². The molecule has 166 valence electrons. The minimum absolute atomic E-state index is 0.202. The zero-order valence-electron chi connectivity index (χ0n) is 18.2. The molecule has 0 saturated heterocycles. The summed E-state index contributed by atoms with van der Waals surface area (Å²) in [4.78, 5) is 17.0. The van der Waals surface area contributed by atoms with Crippen molar-refractivity contribution < 1.29 is 23.7 Å². The van der Waals surface area contributed by atoms with Crippen LogP contribution in [0.15, 0.2) is 60.9 Å². The highest BCUT2D eigenvalue weighted by Gasteiger charge is 2.18. The van der Waals surface area contributed by atoms with Crippen molar-refractivity contribution in [3.8, 4) is 23.0 Å². The Balaban J connectivity index is 1.45. The quantitative estimate of drug-likeness (QED) is 0.569. The molecule has 0 aliphatic carbocycles. The minimum Gasteiger partial charge on any atom is -0.490 e. The molecule has 2 aromatic carbocycles. The van der Waals surface area contributed by atoms with E-state index in [2.05, 4.69) is 10.3 Å². The van der Waals surface area contributed by atoms with E-state index >= 15 is 0 Å². The number of benzene rings is 2. The number of carbonyl (C=O) groups excluding carboxylic acids is 1. The number of carbonyl (C=O) groups is 1. The van der Waals surface area contributed by atoms with Crippen LogP contribution in [-0.4, -0.2) is 30.7 Å². The third kappa shape index (κ3) is 5.11. The van der Waals surface area contributed by atoms with Gasteiger partial charge in [0.15, 0.2) is 23.0 Å². The number of pyridine rings is 1. The number of amides is 1. The standard InChI is InChI=1S/C25H26N2O5/c1-3-29-23-14-20(7-9-22(23)32-16-18-5-4-10-26-15-18)25(28)27-17(2)19-6-8-21-24(13-19)31-12-11-30-21/h4-10,13-15,17H,3,11-12,16H2,1-2H3,(H,27,28). The van der Waals surface area contributed by atoms with Gasteiger partial charge < -0.3 is 24.3 Å². The van der Waals surface area contributed by atoms with Crippen LogP contribution in [0.2, 0.25) is 0 Å². The van der Waals surface area contributed by atoms with Crippen molar-refractivity contribution in [1.29, 1.82) is 0 Å². The lowest BCUT2D eigenvalue weighted by Crippen LogP contribution is -2.27. The van der Waals surface area contributed by atoms with Crippen molar-refractivity contribution in [2.45, 2.75) is 26.5 Å². The number of nitrogens with zero attached hydrogens (tertiary/aromatic N) is 1. The fourth-order valence-electron chi connectivity index (χ4n) is 3.37.